The molecule has 0 saturated carbocycles. The van der Waals surface area contributed by atoms with Crippen molar-refractivity contribution in [3.05, 3.63) is 175 Å². The van der Waals surface area contributed by atoms with Gasteiger partial charge in [-0.05, 0) is 56.3 Å². The summed E-state index contributed by atoms with van der Waals surface area (Å²) in [7, 11) is 0. The fourth-order valence-corrected chi connectivity index (χ4v) is 6.82. The molecule has 8 aromatic rings. The number of furan rings is 1. The summed E-state index contributed by atoms with van der Waals surface area (Å²) in [5, 5.41) is 11.8. The minimum absolute atomic E-state index is 0.0716. The Kier molecular flexibility index (Phi) is 6.61. The average molecular weight is 607 g/mol. The molecular formula is C42H30N4O. The van der Waals surface area contributed by atoms with Gasteiger partial charge >= 0.3 is 0 Å². The minimum atomic E-state index is -0.165. The van der Waals surface area contributed by atoms with Crippen LogP contribution in [0.4, 0.5) is 0 Å². The molecule has 47 heavy (non-hydrogen) atoms. The lowest BCUT2D eigenvalue weighted by Gasteiger charge is -2.32. The van der Waals surface area contributed by atoms with Crippen LogP contribution < -0.4 is 10.6 Å². The van der Waals surface area contributed by atoms with E-state index in [4.69, 9.17) is 9.41 Å². The highest BCUT2D eigenvalue weighted by Gasteiger charge is 2.25. The van der Waals surface area contributed by atoms with Crippen molar-refractivity contribution in [2.24, 2.45) is 4.99 Å². The molecule has 5 nitrogen and oxygen atoms in total. The molecule has 0 spiro atoms. The number of nitrogens with one attached hydrogen (secondary N) is 2. The normalized spacial score (nSPS) is 16.3. The smallest absolute Gasteiger partial charge is 0.138 e. The molecule has 0 saturated heterocycles. The van der Waals surface area contributed by atoms with E-state index in [1.165, 1.54) is 27.5 Å². The Balaban J connectivity index is 1.11. The maximum absolute atomic E-state index is 6.19. The fourth-order valence-electron chi connectivity index (χ4n) is 6.82. The molecule has 3 heterocycles. The van der Waals surface area contributed by atoms with Gasteiger partial charge in [0.25, 0.3) is 0 Å². The van der Waals surface area contributed by atoms with Gasteiger partial charge < -0.3 is 9.73 Å². The number of hydrogen-bond donors (Lipinski definition) is 2. The summed E-state index contributed by atoms with van der Waals surface area (Å²) >= 11 is 0. The third kappa shape index (κ3) is 4.85. The van der Waals surface area contributed by atoms with E-state index in [1.54, 1.807) is 6.20 Å². The average Bonchev–Trinajstić information content (AvgIpc) is 3.54. The van der Waals surface area contributed by atoms with Crippen molar-refractivity contribution in [1.82, 2.24) is 15.6 Å². The van der Waals surface area contributed by atoms with Gasteiger partial charge in [-0.1, -0.05) is 133 Å². The van der Waals surface area contributed by atoms with Gasteiger partial charge in [0.2, 0.25) is 0 Å². The van der Waals surface area contributed by atoms with Crippen LogP contribution in [0, 0.1) is 0 Å². The van der Waals surface area contributed by atoms with E-state index in [1.807, 2.05) is 30.5 Å². The monoisotopic (exact) mass is 606 g/mol. The van der Waals surface area contributed by atoms with Gasteiger partial charge in [0.1, 0.15) is 29.3 Å². The Bertz CT molecular complexity index is 2410. The van der Waals surface area contributed by atoms with E-state index in [0.717, 1.165) is 50.0 Å². The maximum Gasteiger partial charge on any atom is 0.138 e. The maximum atomic E-state index is 6.19. The highest BCUT2D eigenvalue weighted by Crippen LogP contribution is 2.41. The molecule has 2 atom stereocenters. The number of aliphatic imine (C=N–C) groups is 1. The Morgan fingerprint density at radius 1 is 0.511 bits per heavy atom. The lowest BCUT2D eigenvalue weighted by molar-refractivity contribution is 0.409. The second-order valence-electron chi connectivity index (χ2n) is 11.9. The van der Waals surface area contributed by atoms with Gasteiger partial charge in [0, 0.05) is 28.7 Å². The first kappa shape index (κ1) is 27.3. The van der Waals surface area contributed by atoms with Crippen molar-refractivity contribution in [2.75, 3.05) is 0 Å². The highest BCUT2D eigenvalue weighted by atomic mass is 16.3. The summed E-state index contributed by atoms with van der Waals surface area (Å²) in [6.07, 6.45) is 3.43. The van der Waals surface area contributed by atoms with Crippen LogP contribution in [0.2, 0.25) is 0 Å². The third-order valence-electron chi connectivity index (χ3n) is 9.09. The molecule has 0 amide bonds. The summed E-state index contributed by atoms with van der Waals surface area (Å²) in [4.78, 5) is 9.51. The zero-order chi connectivity index (χ0) is 31.2. The van der Waals surface area contributed by atoms with Crippen LogP contribution in [0.1, 0.15) is 29.0 Å². The summed E-state index contributed by atoms with van der Waals surface area (Å²) in [5.41, 5.74) is 9.71. The molecule has 2 aromatic heterocycles. The van der Waals surface area contributed by atoms with Crippen molar-refractivity contribution >= 4 is 38.5 Å². The minimum Gasteiger partial charge on any atom is -0.456 e. The fraction of sp³-hybridized carbons (Fsp3) is 0.0476. The van der Waals surface area contributed by atoms with Crippen LogP contribution in [-0.2, 0) is 0 Å². The van der Waals surface area contributed by atoms with E-state index in [-0.39, 0.29) is 12.3 Å². The Labute approximate surface area is 272 Å². The topological polar surface area (TPSA) is 62.5 Å². The first-order valence-corrected chi connectivity index (χ1v) is 15.9. The van der Waals surface area contributed by atoms with Crippen LogP contribution in [-0.4, -0.2) is 10.8 Å². The number of hydrogen-bond acceptors (Lipinski definition) is 5. The SMILES string of the molecule is c1ccc(C2N=C(c3ccc(-c4ccc(-c5cccc6oc7ccncc7c56)c5ccccc45)cc3)NC(c3ccccc3)N2)cc1. The van der Waals surface area contributed by atoms with Crippen LogP contribution in [0.3, 0.4) is 0 Å². The van der Waals surface area contributed by atoms with E-state index in [2.05, 4.69) is 137 Å². The molecule has 2 unspecified atom stereocenters. The lowest BCUT2D eigenvalue weighted by Crippen LogP contribution is -2.44. The number of amidine groups is 1. The van der Waals surface area contributed by atoms with Crippen molar-refractivity contribution in [3.8, 4) is 22.3 Å². The molecule has 0 bridgehead atoms. The summed E-state index contributed by atoms with van der Waals surface area (Å²) < 4.78 is 6.19. The van der Waals surface area contributed by atoms with Gasteiger partial charge in [0.05, 0.1) is 0 Å². The second-order valence-corrected chi connectivity index (χ2v) is 11.9. The molecule has 2 N–H and O–H groups in total. The van der Waals surface area contributed by atoms with Gasteiger partial charge in [0.15, 0.2) is 0 Å². The molecule has 6 aromatic carbocycles. The molecule has 224 valence electrons. The Morgan fingerprint density at radius 3 is 1.98 bits per heavy atom. The van der Waals surface area contributed by atoms with E-state index in [0.29, 0.717) is 0 Å². The third-order valence-corrected chi connectivity index (χ3v) is 9.09. The zero-order valence-electron chi connectivity index (χ0n) is 25.5. The largest absolute Gasteiger partial charge is 0.456 e. The van der Waals surface area contributed by atoms with Gasteiger partial charge in [-0.2, -0.15) is 0 Å². The van der Waals surface area contributed by atoms with Crippen molar-refractivity contribution in [3.63, 3.8) is 0 Å². The molecule has 1 aliphatic rings. The quantitative estimate of drug-likeness (QED) is 0.205. The number of rotatable bonds is 5. The lowest BCUT2D eigenvalue weighted by atomic mass is 9.90. The second kappa shape index (κ2) is 11.4. The Morgan fingerprint density at radius 2 is 1.19 bits per heavy atom. The predicted octanol–water partition coefficient (Wildman–Crippen LogP) is 9.81. The molecule has 9 rings (SSSR count). The standard InChI is InChI=1S/C42H30N4O/c1-3-10-28(11-4-1)40-44-41(29-12-5-2-6-13-29)46-42(45-40)30-20-18-27(19-21-30)31-22-23-34(33-15-8-7-14-32(31)33)35-16-9-17-38-39(35)36-26-43-25-24-37(36)47-38/h1-26,40-41,44H,(H,45,46). The van der Waals surface area contributed by atoms with Crippen LogP contribution >= 0.6 is 0 Å². The number of pyridine rings is 1. The van der Waals surface area contributed by atoms with Gasteiger partial charge in [-0.25, -0.2) is 4.99 Å². The first-order chi connectivity index (χ1) is 23.3. The summed E-state index contributed by atoms with van der Waals surface area (Å²) in [6.45, 7) is 0. The number of benzene rings is 6. The van der Waals surface area contributed by atoms with Crippen molar-refractivity contribution in [1.29, 1.82) is 0 Å². The van der Waals surface area contributed by atoms with Crippen molar-refractivity contribution < 1.29 is 4.42 Å². The van der Waals surface area contributed by atoms with Crippen molar-refractivity contribution in [2.45, 2.75) is 12.3 Å². The highest BCUT2D eigenvalue weighted by molar-refractivity contribution is 6.16. The molecular weight excluding hydrogens is 576 g/mol. The van der Waals surface area contributed by atoms with E-state index >= 15 is 0 Å². The van der Waals surface area contributed by atoms with Crippen LogP contribution in [0.15, 0.2) is 167 Å². The van der Waals surface area contributed by atoms with Crippen LogP contribution in [0.25, 0.3) is 55.0 Å². The summed E-state index contributed by atoms with van der Waals surface area (Å²) in [6, 6.07) is 50.9. The molecule has 0 aliphatic carbocycles. The molecule has 0 radical (unpaired) electrons. The summed E-state index contributed by atoms with van der Waals surface area (Å²) in [5.74, 6) is 0.869. The molecule has 5 heteroatoms. The first-order valence-electron chi connectivity index (χ1n) is 15.9. The number of aromatic nitrogens is 1. The molecule has 0 fully saturated rings. The predicted molar refractivity (Wildman–Crippen MR) is 191 cm³/mol. The van der Waals surface area contributed by atoms with E-state index in [9.17, 15) is 0 Å². The number of fused-ring (bicyclic) bond motifs is 4. The van der Waals surface area contributed by atoms with Gasteiger partial charge in [-0.15, -0.1) is 0 Å². The van der Waals surface area contributed by atoms with Gasteiger partial charge in [-0.3, -0.25) is 10.3 Å². The van der Waals surface area contributed by atoms with Crippen LogP contribution in [0.5, 0.6) is 0 Å². The zero-order valence-corrected chi connectivity index (χ0v) is 25.5. The Hall–Kier alpha value is -6.04. The molecule has 1 aliphatic heterocycles. The van der Waals surface area contributed by atoms with E-state index < -0.39 is 0 Å². The number of nitrogens with zero attached hydrogens (tertiary/aromatic N) is 2.